The first-order valence-electron chi connectivity index (χ1n) is 13.0. The molecular formula is C32H24Br2ClN3O6. The first-order valence-corrected chi connectivity index (χ1v) is 14.9. The average molecular weight is 742 g/mol. The summed E-state index contributed by atoms with van der Waals surface area (Å²) in [7, 11) is 4.63. The highest BCUT2D eigenvalue weighted by Gasteiger charge is 2.25. The van der Waals surface area contributed by atoms with Crippen LogP contribution in [0.4, 0.5) is 0 Å². The number of H-pyrrole nitrogens is 1. The molecule has 5 rings (SSSR count). The lowest BCUT2D eigenvalue weighted by atomic mass is 10.0. The van der Waals surface area contributed by atoms with E-state index < -0.39 is 11.9 Å². The number of aromatic nitrogens is 1. The number of halogens is 3. The zero-order valence-corrected chi connectivity index (χ0v) is 27.5. The van der Waals surface area contributed by atoms with Gasteiger partial charge in [0.05, 0.1) is 48.5 Å². The highest BCUT2D eigenvalue weighted by Crippen LogP contribution is 2.44. The van der Waals surface area contributed by atoms with Gasteiger partial charge in [-0.2, -0.15) is 5.10 Å². The van der Waals surface area contributed by atoms with E-state index in [1.54, 1.807) is 74.9 Å². The summed E-state index contributed by atoms with van der Waals surface area (Å²) < 4.78 is 23.2. The normalized spacial score (nSPS) is 11.0. The molecule has 5 aromatic rings. The molecule has 2 N–H and O–H groups in total. The predicted octanol–water partition coefficient (Wildman–Crippen LogP) is 8.02. The number of ether oxygens (including phenoxy) is 4. The number of hydrogen-bond donors (Lipinski definition) is 2. The van der Waals surface area contributed by atoms with Crippen molar-refractivity contribution in [1.29, 1.82) is 0 Å². The molecule has 0 unspecified atom stereocenters. The van der Waals surface area contributed by atoms with E-state index in [-0.39, 0.29) is 11.4 Å². The number of carbonyl (C=O) groups is 2. The number of esters is 1. The Morgan fingerprint density at radius 2 is 1.61 bits per heavy atom. The highest BCUT2D eigenvalue weighted by atomic mass is 79.9. The second-order valence-corrected chi connectivity index (χ2v) is 11.4. The highest BCUT2D eigenvalue weighted by molar-refractivity contribution is 9.11. The molecule has 0 aliphatic heterocycles. The molecule has 0 saturated carbocycles. The Bertz CT molecular complexity index is 1910. The van der Waals surface area contributed by atoms with Crippen LogP contribution in [0.3, 0.4) is 0 Å². The van der Waals surface area contributed by atoms with Gasteiger partial charge >= 0.3 is 5.97 Å². The molecule has 1 aromatic heterocycles. The van der Waals surface area contributed by atoms with Gasteiger partial charge in [0.15, 0.2) is 5.75 Å². The number of carbonyl (C=O) groups excluding carboxylic acids is 2. The maximum atomic E-state index is 13.6. The molecule has 0 spiro atoms. The lowest BCUT2D eigenvalue weighted by Crippen LogP contribution is -2.19. The number of hydrogen-bond acceptors (Lipinski definition) is 7. The van der Waals surface area contributed by atoms with Crippen molar-refractivity contribution >= 4 is 72.5 Å². The molecule has 44 heavy (non-hydrogen) atoms. The third-order valence-corrected chi connectivity index (χ3v) is 7.99. The molecule has 0 fully saturated rings. The van der Waals surface area contributed by atoms with Crippen molar-refractivity contribution in [3.63, 3.8) is 0 Å². The molecule has 0 aliphatic rings. The van der Waals surface area contributed by atoms with Gasteiger partial charge in [-0.15, -0.1) is 0 Å². The topological polar surface area (TPSA) is 111 Å². The van der Waals surface area contributed by atoms with Crippen LogP contribution >= 0.6 is 43.5 Å². The Kier molecular flexibility index (Phi) is 9.58. The summed E-state index contributed by atoms with van der Waals surface area (Å²) in [6.45, 7) is 0. The van der Waals surface area contributed by atoms with Crippen LogP contribution in [0.25, 0.3) is 22.0 Å². The Morgan fingerprint density at radius 3 is 2.30 bits per heavy atom. The number of benzene rings is 4. The third kappa shape index (κ3) is 6.30. The van der Waals surface area contributed by atoms with Gasteiger partial charge in [-0.3, -0.25) is 4.79 Å². The Labute approximate surface area is 274 Å². The van der Waals surface area contributed by atoms with Crippen molar-refractivity contribution in [2.45, 2.75) is 0 Å². The number of methoxy groups -OCH3 is 3. The quantitative estimate of drug-likeness (QED) is 0.0686. The van der Waals surface area contributed by atoms with Crippen molar-refractivity contribution in [2.75, 3.05) is 21.3 Å². The summed E-state index contributed by atoms with van der Waals surface area (Å²) >= 11 is 13.5. The first kappa shape index (κ1) is 31.1. The second-order valence-electron chi connectivity index (χ2n) is 9.20. The molecule has 0 atom stereocenters. The molecule has 1 heterocycles. The summed E-state index contributed by atoms with van der Waals surface area (Å²) in [4.78, 5) is 29.7. The minimum Gasteiger partial charge on any atom is -0.497 e. The number of amides is 1. The van der Waals surface area contributed by atoms with Crippen LogP contribution in [-0.4, -0.2) is 44.4 Å². The van der Waals surface area contributed by atoms with Gasteiger partial charge in [-0.05, 0) is 70.5 Å². The van der Waals surface area contributed by atoms with Crippen molar-refractivity contribution < 1.29 is 28.5 Å². The van der Waals surface area contributed by atoms with Gasteiger partial charge in [0.1, 0.15) is 22.9 Å². The molecule has 9 nitrogen and oxygen atoms in total. The van der Waals surface area contributed by atoms with E-state index in [4.69, 9.17) is 30.5 Å². The fourth-order valence-corrected chi connectivity index (χ4v) is 6.14. The maximum absolute atomic E-state index is 13.6. The van der Waals surface area contributed by atoms with Crippen LogP contribution in [0.15, 0.2) is 86.8 Å². The Morgan fingerprint density at radius 1 is 0.909 bits per heavy atom. The largest absolute Gasteiger partial charge is 0.497 e. The van der Waals surface area contributed by atoms with Gasteiger partial charge in [-0.1, -0.05) is 45.7 Å². The predicted molar refractivity (Wildman–Crippen MR) is 177 cm³/mol. The summed E-state index contributed by atoms with van der Waals surface area (Å²) in [5.74, 6) is 0.723. The maximum Gasteiger partial charge on any atom is 0.343 e. The van der Waals surface area contributed by atoms with Crippen LogP contribution < -0.4 is 24.4 Å². The van der Waals surface area contributed by atoms with Gasteiger partial charge < -0.3 is 23.9 Å². The number of nitrogens with zero attached hydrogens (tertiary/aromatic N) is 1. The van der Waals surface area contributed by atoms with Crippen LogP contribution in [0, 0.1) is 0 Å². The molecule has 0 bridgehead atoms. The fourth-order valence-electron chi connectivity index (χ4n) is 4.57. The van der Waals surface area contributed by atoms with Crippen molar-refractivity contribution in [3.05, 3.63) is 104 Å². The molecule has 224 valence electrons. The number of nitrogens with one attached hydrogen (secondary N) is 2. The molecule has 0 aliphatic carbocycles. The fraction of sp³-hybridized carbons (Fsp3) is 0.0938. The lowest BCUT2D eigenvalue weighted by Gasteiger charge is -2.11. The van der Waals surface area contributed by atoms with Crippen LogP contribution in [0.1, 0.15) is 26.4 Å². The van der Waals surface area contributed by atoms with Crippen molar-refractivity contribution in [1.82, 2.24) is 10.4 Å². The summed E-state index contributed by atoms with van der Waals surface area (Å²) in [6, 6.07) is 20.6. The molecule has 1 amide bonds. The zero-order chi connectivity index (χ0) is 31.4. The van der Waals surface area contributed by atoms with Gasteiger partial charge in [-0.25, -0.2) is 10.2 Å². The van der Waals surface area contributed by atoms with E-state index >= 15 is 0 Å². The lowest BCUT2D eigenvalue weighted by molar-refractivity contribution is 0.0732. The molecule has 4 aromatic carbocycles. The SMILES string of the molecule is COc1ccc(C(=O)Oc2c(Br)cc(Br)cc2C=NNC(=O)c2[nH]c3c(OC)ccc(OC)c3c2-c2ccccc2Cl)cc1. The third-order valence-electron chi connectivity index (χ3n) is 6.62. The van der Waals surface area contributed by atoms with Gasteiger partial charge in [0, 0.05) is 26.2 Å². The zero-order valence-electron chi connectivity index (χ0n) is 23.5. The van der Waals surface area contributed by atoms with Crippen LogP contribution in [-0.2, 0) is 0 Å². The van der Waals surface area contributed by atoms with Gasteiger partial charge in [0.2, 0.25) is 0 Å². The number of aromatic amines is 1. The smallest absolute Gasteiger partial charge is 0.343 e. The number of fused-ring (bicyclic) bond motifs is 1. The van der Waals surface area contributed by atoms with Crippen molar-refractivity contribution in [3.8, 4) is 34.1 Å². The van der Waals surface area contributed by atoms with E-state index in [2.05, 4.69) is 47.4 Å². The number of hydrazone groups is 1. The first-order chi connectivity index (χ1) is 21.2. The minimum atomic E-state index is -0.584. The molecule has 0 radical (unpaired) electrons. The molecule has 12 heteroatoms. The van der Waals surface area contributed by atoms with Crippen LogP contribution in [0.5, 0.6) is 23.0 Å². The van der Waals surface area contributed by atoms with E-state index in [0.29, 0.717) is 64.4 Å². The Hall–Kier alpha value is -4.32. The second kappa shape index (κ2) is 13.5. The van der Waals surface area contributed by atoms with Crippen LogP contribution in [0.2, 0.25) is 5.02 Å². The van der Waals surface area contributed by atoms with E-state index in [1.807, 2.05) is 12.1 Å². The minimum absolute atomic E-state index is 0.189. The standard InChI is InChI=1S/C32H24Br2ClN3O6/c1-41-20-10-8-17(9-11-20)32(40)44-30-18(14-19(33)15-22(30)34)16-36-38-31(39)29-26(21-6-4-5-7-23(21)35)27-24(42-2)12-13-25(43-3)28(27)37-29/h4-16,37H,1-3H3,(H,38,39). The molecular weight excluding hydrogens is 718 g/mol. The summed E-state index contributed by atoms with van der Waals surface area (Å²) in [5.41, 5.74) is 5.19. The van der Waals surface area contributed by atoms with Crippen molar-refractivity contribution in [2.24, 2.45) is 5.10 Å². The molecule has 0 saturated heterocycles. The van der Waals surface area contributed by atoms with E-state index in [1.165, 1.54) is 13.3 Å². The average Bonchev–Trinajstić information content (AvgIpc) is 3.43. The summed E-state index contributed by atoms with van der Waals surface area (Å²) in [6.07, 6.45) is 1.38. The van der Waals surface area contributed by atoms with E-state index in [9.17, 15) is 9.59 Å². The summed E-state index contributed by atoms with van der Waals surface area (Å²) in [5, 5.41) is 5.25. The van der Waals surface area contributed by atoms with Gasteiger partial charge in [0.25, 0.3) is 5.91 Å². The number of rotatable bonds is 9. The Balaban J connectivity index is 1.49. The van der Waals surface area contributed by atoms with E-state index in [0.717, 1.165) is 0 Å². The monoisotopic (exact) mass is 739 g/mol.